The maximum Gasteiger partial charge on any atom is 0.326 e. The third-order valence-corrected chi connectivity index (χ3v) is 14.8. The highest BCUT2D eigenvalue weighted by Gasteiger charge is 2.36. The predicted octanol–water partition coefficient (Wildman–Crippen LogP) is 2.68. The van der Waals surface area contributed by atoms with Gasteiger partial charge in [-0.05, 0) is 97.4 Å². The topological polar surface area (TPSA) is 315 Å². The van der Waals surface area contributed by atoms with E-state index >= 15 is 0 Å². The summed E-state index contributed by atoms with van der Waals surface area (Å²) >= 11 is 14.7. The van der Waals surface area contributed by atoms with Gasteiger partial charge in [0.15, 0.2) is 0 Å². The highest BCUT2D eigenvalue weighted by atomic mass is 35.5. The third-order valence-electron chi connectivity index (χ3n) is 13.8. The Kier molecular flexibility index (Phi) is 24.6. The van der Waals surface area contributed by atoms with Crippen LogP contribution in [0, 0.1) is 0 Å². The summed E-state index contributed by atoms with van der Waals surface area (Å²) < 4.78 is 0. The van der Waals surface area contributed by atoms with Gasteiger partial charge < -0.3 is 63.5 Å². The number of aromatic amines is 1. The van der Waals surface area contributed by atoms with Crippen LogP contribution >= 0.6 is 36.9 Å². The van der Waals surface area contributed by atoms with Gasteiger partial charge in [0.2, 0.25) is 41.4 Å². The molecule has 20 nitrogen and oxygen atoms in total. The van der Waals surface area contributed by atoms with E-state index in [1.165, 1.54) is 6.92 Å². The lowest BCUT2D eigenvalue weighted by molar-refractivity contribution is -0.142. The molecule has 0 bridgehead atoms. The van der Waals surface area contributed by atoms with E-state index in [4.69, 9.17) is 17.3 Å². The van der Waals surface area contributed by atoms with Crippen LogP contribution in [0.25, 0.3) is 21.7 Å². The lowest BCUT2D eigenvalue weighted by atomic mass is 10.0. The summed E-state index contributed by atoms with van der Waals surface area (Å²) in [5, 5.41) is 45.6. The average Bonchev–Trinajstić information content (AvgIpc) is 4.07. The van der Waals surface area contributed by atoms with Gasteiger partial charge in [-0.3, -0.25) is 33.6 Å². The van der Waals surface area contributed by atoms with Crippen molar-refractivity contribution in [2.75, 3.05) is 25.1 Å². The molecule has 13 N–H and O–H groups in total. The molecule has 0 radical (unpaired) electrons. The number of rotatable bonds is 31. The number of para-hydroxylation sites is 1. The number of amides is 7. The van der Waals surface area contributed by atoms with Crippen LogP contribution in [0.4, 0.5) is 0 Å². The molecule has 0 unspecified atom stereocenters. The fourth-order valence-corrected chi connectivity index (χ4v) is 9.84. The number of nitrogens with one attached hydrogen (secondary N) is 9. The highest BCUT2D eigenvalue weighted by molar-refractivity contribution is 7.80. The lowest BCUT2D eigenvalue weighted by Crippen LogP contribution is -2.62. The Bertz CT molecular complexity index is 3150. The summed E-state index contributed by atoms with van der Waals surface area (Å²) in [5.41, 5.74) is 9.30. The quantitative estimate of drug-likeness (QED) is 0.0221. The molecule has 0 aliphatic rings. The average molecular weight is 1180 g/mol. The number of fused-ring (bicyclic) bond motifs is 2. The number of aliphatic hydroxyl groups is 1. The van der Waals surface area contributed by atoms with Crippen LogP contribution in [0.15, 0.2) is 128 Å². The van der Waals surface area contributed by atoms with Crippen molar-refractivity contribution in [1.29, 1.82) is 0 Å². The number of carbonyl (C=O) groups is 8. The minimum Gasteiger partial charge on any atom is -0.480 e. The number of hydrogen-bond donors (Lipinski definition) is 14. The fraction of sp³-hybridized carbons (Fsp3) is 0.356. The molecule has 1 heterocycles. The molecule has 0 saturated heterocycles. The number of halogens is 1. The van der Waals surface area contributed by atoms with Gasteiger partial charge in [-0.2, -0.15) is 25.3 Å². The minimum absolute atomic E-state index is 0.0102. The molecule has 7 amide bonds. The Hall–Kier alpha value is -7.47. The molecule has 82 heavy (non-hydrogen) atoms. The molecule has 0 aliphatic carbocycles. The number of hydrogen-bond acceptors (Lipinski definition) is 13. The van der Waals surface area contributed by atoms with Gasteiger partial charge >= 0.3 is 5.97 Å². The van der Waals surface area contributed by atoms with Crippen LogP contribution in [-0.4, -0.2) is 142 Å². The van der Waals surface area contributed by atoms with Crippen molar-refractivity contribution in [1.82, 2.24) is 47.5 Å². The molecule has 6 rings (SSSR count). The predicted molar refractivity (Wildman–Crippen MR) is 321 cm³/mol. The van der Waals surface area contributed by atoms with Gasteiger partial charge in [0.05, 0.1) is 12.1 Å². The lowest BCUT2D eigenvalue weighted by Gasteiger charge is -2.28. The minimum atomic E-state index is -1.70. The Morgan fingerprint density at radius 3 is 1.65 bits per heavy atom. The van der Waals surface area contributed by atoms with Gasteiger partial charge in [0, 0.05) is 52.9 Å². The summed E-state index contributed by atoms with van der Waals surface area (Å²) in [7, 11) is 1.61. The Balaban J connectivity index is 1.20. The number of carboxylic acid groups (broad SMARTS) is 1. The number of aliphatic hydroxyl groups excluding tert-OH is 1. The maximum absolute atomic E-state index is 14.8. The Morgan fingerprint density at radius 1 is 0.537 bits per heavy atom. The first-order chi connectivity index (χ1) is 39.4. The number of carboxylic acids is 1. The molecule has 5 aromatic carbocycles. The smallest absolute Gasteiger partial charge is 0.326 e. The number of H-pyrrole nitrogens is 1. The van der Waals surface area contributed by atoms with Crippen molar-refractivity contribution in [3.63, 3.8) is 0 Å². The first kappa shape index (κ1) is 63.7. The van der Waals surface area contributed by atoms with E-state index in [0.29, 0.717) is 34.6 Å². The molecule has 0 saturated carbocycles. The zero-order valence-corrected chi connectivity index (χ0v) is 47.9. The molecule has 0 fully saturated rings. The number of thiol groups is 2. The number of unbranched alkanes of at least 4 members (excludes halogenated alkanes) is 1. The van der Waals surface area contributed by atoms with Crippen LogP contribution in [0.2, 0.25) is 5.02 Å². The van der Waals surface area contributed by atoms with Crippen molar-refractivity contribution in [3.05, 3.63) is 155 Å². The fourth-order valence-electron chi connectivity index (χ4n) is 9.20. The summed E-state index contributed by atoms with van der Waals surface area (Å²) in [6.45, 7) is 1.47. The van der Waals surface area contributed by atoms with Crippen molar-refractivity contribution in [3.8, 4) is 0 Å². The van der Waals surface area contributed by atoms with Crippen molar-refractivity contribution < 1.29 is 48.6 Å². The number of likely N-dealkylation sites (N-methyl/N-ethyl adjacent to an activating group) is 1. The third kappa shape index (κ3) is 18.5. The summed E-state index contributed by atoms with van der Waals surface area (Å²) in [6.07, 6.45) is 0.894. The van der Waals surface area contributed by atoms with Gasteiger partial charge in [0.25, 0.3) is 0 Å². The summed E-state index contributed by atoms with van der Waals surface area (Å²) in [4.78, 5) is 115. The zero-order valence-electron chi connectivity index (χ0n) is 45.4. The van der Waals surface area contributed by atoms with Gasteiger partial charge in [-0.15, -0.1) is 0 Å². The number of aliphatic carboxylic acids is 1. The molecule has 0 spiro atoms. The van der Waals surface area contributed by atoms with Crippen molar-refractivity contribution in [2.24, 2.45) is 5.73 Å². The van der Waals surface area contributed by atoms with Crippen LogP contribution < -0.4 is 48.3 Å². The van der Waals surface area contributed by atoms with E-state index in [0.717, 1.165) is 27.2 Å². The molecule has 436 valence electrons. The first-order valence-electron chi connectivity index (χ1n) is 26.8. The molecule has 1 aromatic heterocycles. The zero-order chi connectivity index (χ0) is 59.3. The van der Waals surface area contributed by atoms with Crippen molar-refractivity contribution >= 4 is 106 Å². The highest BCUT2D eigenvalue weighted by Crippen LogP contribution is 2.21. The SMILES string of the molecule is CN[C@@H](Cc1ccc(Cl)cc1)C(=O)N[C@H](CS)C(=O)N[C@@H](Cc1ccccc1)C(=O)N[C@H](Cc1c[nH]c2ccccc12)C(=O)N[C@@H](CCCCN)C(=O)N[C@H](C(=O)N[C@@H](CS)C(=O)N[C@@H](Cc1ccc2ccccc2c1)C(=O)O)[C@@H](C)O. The molecule has 0 aliphatic heterocycles. The second-order valence-corrected chi connectivity index (χ2v) is 21.1. The van der Waals surface area contributed by atoms with Gasteiger partial charge in [-0.25, -0.2) is 4.79 Å². The monoisotopic (exact) mass is 1180 g/mol. The first-order valence-corrected chi connectivity index (χ1v) is 28.5. The number of aromatic nitrogens is 1. The summed E-state index contributed by atoms with van der Waals surface area (Å²) in [6, 6.07) is 25.5. The van der Waals surface area contributed by atoms with Gasteiger partial charge in [-0.1, -0.05) is 115 Å². The van der Waals surface area contributed by atoms with E-state index in [1.807, 2.05) is 60.7 Å². The van der Waals surface area contributed by atoms with E-state index in [2.05, 4.69) is 72.8 Å². The van der Waals surface area contributed by atoms with E-state index in [9.17, 15) is 48.6 Å². The number of carbonyl (C=O) groups excluding carboxylic acids is 7. The van der Waals surface area contributed by atoms with Crippen LogP contribution in [-0.2, 0) is 64.0 Å². The number of nitrogens with two attached hydrogens (primary N) is 1. The second kappa shape index (κ2) is 31.7. The maximum atomic E-state index is 14.8. The van der Waals surface area contributed by atoms with E-state index in [1.54, 1.807) is 73.9 Å². The van der Waals surface area contributed by atoms with Crippen molar-refractivity contribution in [2.45, 2.75) is 106 Å². The van der Waals surface area contributed by atoms with Gasteiger partial charge in [0.1, 0.15) is 42.3 Å². The number of benzene rings is 5. The normalized spacial score (nSPS) is 14.6. The van der Waals surface area contributed by atoms with E-state index < -0.39 is 102 Å². The standard InChI is InChI=1S/C59H71ClN10O10S2/c1-34(71)51(58(78)69-50(33-82)57(77)67-48(59(79)80)29-37-19-22-38-14-6-7-15-39(38)26-37)70-52(72)44(18-10-11-25-61)64-55(75)47(30-40-31-63-43-17-9-8-16-42(40)43)66-54(74)46(28-35-12-4-3-5-13-35)65-56(76)49(32-81)68-53(73)45(62-2)27-36-20-23-41(60)24-21-36/h3-9,12-17,19-24,26,31,34,44-51,62-63,71,81-82H,10-11,18,25,27-30,32-33,61H2,1-2H3,(H,64,75)(H,65,76)(H,66,74)(H,67,77)(H,68,73)(H,69,78)(H,70,72)(H,79,80)/t34-,44+,45+,46+,47-,48+,49-,50+,51+/m1/s1. The van der Waals surface area contributed by atoms with Crippen LogP contribution in [0.5, 0.6) is 0 Å². The molecule has 23 heteroatoms. The largest absolute Gasteiger partial charge is 0.480 e. The molecule has 9 atom stereocenters. The van der Waals surface area contributed by atoms with Crippen LogP contribution in [0.3, 0.4) is 0 Å². The second-order valence-electron chi connectivity index (χ2n) is 19.9. The Morgan fingerprint density at radius 2 is 1.02 bits per heavy atom. The summed E-state index contributed by atoms with van der Waals surface area (Å²) in [5.74, 6) is -7.39. The Labute approximate surface area is 491 Å². The molecule has 6 aromatic rings. The molecular weight excluding hydrogens is 1110 g/mol. The van der Waals surface area contributed by atoms with E-state index in [-0.39, 0.29) is 50.2 Å². The molecular formula is C59H71ClN10O10S2. The van der Waals surface area contributed by atoms with Crippen LogP contribution in [0.1, 0.15) is 48.4 Å².